The van der Waals surface area contributed by atoms with Gasteiger partial charge in [0, 0.05) is 18.2 Å². The van der Waals surface area contributed by atoms with Gasteiger partial charge in [-0.3, -0.25) is 15.0 Å². The summed E-state index contributed by atoms with van der Waals surface area (Å²) in [5, 5.41) is 24.1. The third-order valence-corrected chi connectivity index (χ3v) is 5.15. The second-order valence-electron chi connectivity index (χ2n) is 7.05. The maximum atomic E-state index is 10.8. The number of nitro benzene ring substituents is 1. The van der Waals surface area contributed by atoms with Crippen molar-refractivity contribution in [2.45, 2.75) is 44.0 Å². The van der Waals surface area contributed by atoms with Crippen LogP contribution in [-0.2, 0) is 10.0 Å². The Morgan fingerprint density at radius 1 is 1.28 bits per heavy atom. The summed E-state index contributed by atoms with van der Waals surface area (Å²) in [5.74, 6) is 0.559. The predicted octanol–water partition coefficient (Wildman–Crippen LogP) is 1.73. The van der Waals surface area contributed by atoms with Gasteiger partial charge in [-0.2, -0.15) is 0 Å². The molecule has 0 spiro atoms. The summed E-state index contributed by atoms with van der Waals surface area (Å²) in [7, 11) is -4.02. The molecule has 0 radical (unpaired) electrons. The Morgan fingerprint density at radius 3 is 2.16 bits per heavy atom. The van der Waals surface area contributed by atoms with Gasteiger partial charge in [-0.15, -0.1) is 0 Å². The minimum atomic E-state index is -4.02. The SMILES string of the molecule is CC(C)(C)N1CCC(CO)CC1.NS(=O)(=O)c1ccccc1[N+](=O)[O-]. The lowest BCUT2D eigenvalue weighted by Crippen LogP contribution is -2.46. The van der Waals surface area contributed by atoms with Crippen molar-refractivity contribution in [1.82, 2.24) is 4.90 Å². The van der Waals surface area contributed by atoms with E-state index in [0.717, 1.165) is 38.1 Å². The third-order valence-electron chi connectivity index (χ3n) is 4.19. The molecule has 1 aliphatic heterocycles. The molecule has 0 aromatic heterocycles. The largest absolute Gasteiger partial charge is 0.396 e. The Balaban J connectivity index is 0.000000251. The fourth-order valence-corrected chi connectivity index (χ4v) is 3.34. The van der Waals surface area contributed by atoms with Crippen LogP contribution in [0.5, 0.6) is 0 Å². The molecular formula is C16H27N3O5S. The van der Waals surface area contributed by atoms with Crippen LogP contribution >= 0.6 is 0 Å². The highest BCUT2D eigenvalue weighted by molar-refractivity contribution is 7.89. The number of nitro groups is 1. The number of nitrogens with two attached hydrogens (primary N) is 1. The molecule has 1 saturated heterocycles. The lowest BCUT2D eigenvalue weighted by molar-refractivity contribution is -0.387. The minimum absolute atomic E-state index is 0.306. The Bertz CT molecular complexity index is 677. The molecule has 1 aromatic rings. The first-order valence-corrected chi connectivity index (χ1v) is 9.63. The van der Waals surface area contributed by atoms with Crippen LogP contribution in [0.4, 0.5) is 5.69 Å². The van der Waals surface area contributed by atoms with E-state index in [9.17, 15) is 18.5 Å². The van der Waals surface area contributed by atoms with E-state index in [0.29, 0.717) is 18.1 Å². The number of sulfonamides is 1. The molecule has 0 saturated carbocycles. The molecule has 0 unspecified atom stereocenters. The third kappa shape index (κ3) is 6.69. The number of para-hydroxylation sites is 1. The van der Waals surface area contributed by atoms with Crippen molar-refractivity contribution >= 4 is 15.7 Å². The molecule has 3 N–H and O–H groups in total. The van der Waals surface area contributed by atoms with E-state index in [2.05, 4.69) is 25.7 Å². The van der Waals surface area contributed by atoms with Gasteiger partial charge in [-0.1, -0.05) is 12.1 Å². The monoisotopic (exact) mass is 373 g/mol. The highest BCUT2D eigenvalue weighted by Gasteiger charge is 2.26. The summed E-state index contributed by atoms with van der Waals surface area (Å²) in [5.41, 5.74) is -0.203. The number of aliphatic hydroxyl groups is 1. The number of rotatable bonds is 3. The summed E-state index contributed by atoms with van der Waals surface area (Å²) >= 11 is 0. The maximum absolute atomic E-state index is 10.8. The van der Waals surface area contributed by atoms with Crippen molar-refractivity contribution in [3.8, 4) is 0 Å². The fraction of sp³-hybridized carbons (Fsp3) is 0.625. The molecule has 0 aliphatic carbocycles. The van der Waals surface area contributed by atoms with E-state index in [4.69, 9.17) is 10.2 Å². The first-order chi connectivity index (χ1) is 11.5. The Kier molecular flexibility index (Phi) is 7.48. The number of likely N-dealkylation sites (tertiary alicyclic amines) is 1. The summed E-state index contributed by atoms with van der Waals surface area (Å²) in [6.45, 7) is 9.44. The van der Waals surface area contributed by atoms with Crippen LogP contribution < -0.4 is 5.14 Å². The van der Waals surface area contributed by atoms with Gasteiger partial charge in [0.05, 0.1) is 4.92 Å². The second kappa shape index (κ2) is 8.70. The van der Waals surface area contributed by atoms with Crippen molar-refractivity contribution in [3.63, 3.8) is 0 Å². The van der Waals surface area contributed by atoms with Crippen LogP contribution in [0, 0.1) is 16.0 Å². The number of benzene rings is 1. The fourth-order valence-electron chi connectivity index (χ4n) is 2.63. The van der Waals surface area contributed by atoms with Gasteiger partial charge in [0.15, 0.2) is 4.90 Å². The normalized spacial score (nSPS) is 16.8. The van der Waals surface area contributed by atoms with Gasteiger partial charge in [0.2, 0.25) is 10.0 Å². The zero-order valence-corrected chi connectivity index (χ0v) is 15.7. The minimum Gasteiger partial charge on any atom is -0.396 e. The highest BCUT2D eigenvalue weighted by Crippen LogP contribution is 2.23. The average Bonchev–Trinajstić information content (AvgIpc) is 2.54. The Hall–Kier alpha value is -1.55. The number of nitrogens with zero attached hydrogens (tertiary/aromatic N) is 2. The van der Waals surface area contributed by atoms with Gasteiger partial charge in [0.1, 0.15) is 0 Å². The molecule has 1 aliphatic rings. The molecule has 1 fully saturated rings. The van der Waals surface area contributed by atoms with Gasteiger partial charge in [-0.05, 0) is 58.7 Å². The quantitative estimate of drug-likeness (QED) is 0.613. The van der Waals surface area contributed by atoms with Crippen molar-refractivity contribution < 1.29 is 18.4 Å². The molecule has 0 bridgehead atoms. The van der Waals surface area contributed by atoms with Crippen molar-refractivity contribution in [2.24, 2.45) is 11.1 Å². The van der Waals surface area contributed by atoms with E-state index in [1.165, 1.54) is 12.1 Å². The topological polar surface area (TPSA) is 127 Å². The van der Waals surface area contributed by atoms with E-state index in [-0.39, 0.29) is 0 Å². The maximum Gasteiger partial charge on any atom is 0.289 e. The zero-order chi connectivity index (χ0) is 19.3. The van der Waals surface area contributed by atoms with Gasteiger partial charge < -0.3 is 5.11 Å². The Labute approximate surface area is 148 Å². The number of piperidine rings is 1. The van der Waals surface area contributed by atoms with E-state index < -0.39 is 25.5 Å². The standard InChI is InChI=1S/C10H21NO.C6H6N2O4S/c1-10(2,3)11-6-4-9(8-12)5-7-11;7-13(11,12)6-4-2-1-3-5(6)8(9)10/h9,12H,4-8H2,1-3H3;1-4H,(H2,7,11,12). The van der Waals surface area contributed by atoms with Crippen LogP contribution in [0.2, 0.25) is 0 Å². The predicted molar refractivity (Wildman–Crippen MR) is 95.6 cm³/mol. The number of aliphatic hydroxyl groups excluding tert-OH is 1. The van der Waals surface area contributed by atoms with E-state index >= 15 is 0 Å². The van der Waals surface area contributed by atoms with E-state index in [1.807, 2.05) is 0 Å². The first-order valence-electron chi connectivity index (χ1n) is 8.09. The van der Waals surface area contributed by atoms with Crippen LogP contribution in [0.25, 0.3) is 0 Å². The molecule has 8 nitrogen and oxygen atoms in total. The lowest BCUT2D eigenvalue weighted by atomic mass is 9.94. The summed E-state index contributed by atoms with van der Waals surface area (Å²) in [6, 6.07) is 4.91. The molecular weight excluding hydrogens is 346 g/mol. The van der Waals surface area contributed by atoms with Crippen LogP contribution in [-0.4, -0.2) is 48.6 Å². The smallest absolute Gasteiger partial charge is 0.289 e. The zero-order valence-electron chi connectivity index (χ0n) is 14.9. The van der Waals surface area contributed by atoms with Crippen molar-refractivity contribution in [2.75, 3.05) is 19.7 Å². The molecule has 9 heteroatoms. The molecule has 2 rings (SSSR count). The average molecular weight is 373 g/mol. The number of primary sulfonamides is 1. The molecule has 1 aromatic carbocycles. The van der Waals surface area contributed by atoms with Crippen molar-refractivity contribution in [1.29, 1.82) is 0 Å². The van der Waals surface area contributed by atoms with Crippen LogP contribution in [0.15, 0.2) is 29.2 Å². The molecule has 142 valence electrons. The molecule has 1 heterocycles. The number of hydrogen-bond acceptors (Lipinski definition) is 6. The number of hydrogen-bond donors (Lipinski definition) is 2. The molecule has 25 heavy (non-hydrogen) atoms. The Morgan fingerprint density at radius 2 is 1.80 bits per heavy atom. The molecule has 0 amide bonds. The van der Waals surface area contributed by atoms with Gasteiger partial charge >= 0.3 is 0 Å². The van der Waals surface area contributed by atoms with Crippen LogP contribution in [0.3, 0.4) is 0 Å². The summed E-state index contributed by atoms with van der Waals surface area (Å²) in [4.78, 5) is 11.6. The first kappa shape index (κ1) is 21.5. The molecule has 0 atom stereocenters. The summed E-state index contributed by atoms with van der Waals surface area (Å²) in [6.07, 6.45) is 2.32. The lowest BCUT2D eigenvalue weighted by Gasteiger charge is -2.40. The van der Waals surface area contributed by atoms with Gasteiger partial charge in [-0.25, -0.2) is 13.6 Å². The second-order valence-corrected chi connectivity index (χ2v) is 8.58. The summed E-state index contributed by atoms with van der Waals surface area (Å²) < 4.78 is 21.7. The van der Waals surface area contributed by atoms with Crippen LogP contribution in [0.1, 0.15) is 33.6 Å². The van der Waals surface area contributed by atoms with Crippen molar-refractivity contribution in [3.05, 3.63) is 34.4 Å². The van der Waals surface area contributed by atoms with E-state index in [1.54, 1.807) is 0 Å². The highest BCUT2D eigenvalue weighted by atomic mass is 32.2. The van der Waals surface area contributed by atoms with Gasteiger partial charge in [0.25, 0.3) is 5.69 Å².